The van der Waals surface area contributed by atoms with E-state index in [1.54, 1.807) is 19.2 Å². The molecule has 2 rings (SSSR count). The van der Waals surface area contributed by atoms with Crippen LogP contribution in [0.4, 0.5) is 0 Å². The second-order valence-corrected chi connectivity index (χ2v) is 6.69. The van der Waals surface area contributed by atoms with Gasteiger partial charge in [0.15, 0.2) is 0 Å². The van der Waals surface area contributed by atoms with Crippen LogP contribution in [-0.2, 0) is 21.3 Å². The fourth-order valence-electron chi connectivity index (χ4n) is 2.42. The molecule has 0 aliphatic heterocycles. The van der Waals surface area contributed by atoms with Crippen molar-refractivity contribution in [2.45, 2.75) is 43.4 Å². The second kappa shape index (κ2) is 6.67. The standard InChI is InChI=1S/C14H22N2O3S/c1-3-19-13-8-12(9-13)16-20(17,18)14-7-5-4-6-11(14)10-15-2/h4-7,12-13,15-16H,3,8-10H2,1-2H3. The van der Waals surface area contributed by atoms with Crippen molar-refractivity contribution in [3.05, 3.63) is 29.8 Å². The minimum absolute atomic E-state index is 0.0146. The highest BCUT2D eigenvalue weighted by Gasteiger charge is 2.33. The molecule has 112 valence electrons. The van der Waals surface area contributed by atoms with Crippen molar-refractivity contribution in [3.8, 4) is 0 Å². The van der Waals surface area contributed by atoms with Crippen molar-refractivity contribution in [3.63, 3.8) is 0 Å². The van der Waals surface area contributed by atoms with Gasteiger partial charge in [0.2, 0.25) is 10.0 Å². The maximum Gasteiger partial charge on any atom is 0.241 e. The summed E-state index contributed by atoms with van der Waals surface area (Å²) in [4.78, 5) is 0.356. The number of hydrogen-bond donors (Lipinski definition) is 2. The molecule has 0 amide bonds. The molecule has 20 heavy (non-hydrogen) atoms. The number of sulfonamides is 1. The topological polar surface area (TPSA) is 67.4 Å². The minimum Gasteiger partial charge on any atom is -0.378 e. The summed E-state index contributed by atoms with van der Waals surface area (Å²) in [6.45, 7) is 3.16. The molecule has 0 aromatic heterocycles. The number of ether oxygens (including phenoxy) is 1. The zero-order valence-electron chi connectivity index (χ0n) is 11.9. The van der Waals surface area contributed by atoms with Gasteiger partial charge in [0.1, 0.15) is 0 Å². The SMILES string of the molecule is CCOC1CC(NS(=O)(=O)c2ccccc2CNC)C1. The smallest absolute Gasteiger partial charge is 0.241 e. The monoisotopic (exact) mass is 298 g/mol. The molecule has 0 saturated heterocycles. The third-order valence-electron chi connectivity index (χ3n) is 3.45. The molecule has 1 fully saturated rings. The highest BCUT2D eigenvalue weighted by molar-refractivity contribution is 7.89. The van der Waals surface area contributed by atoms with Gasteiger partial charge in [-0.1, -0.05) is 18.2 Å². The third kappa shape index (κ3) is 3.58. The lowest BCUT2D eigenvalue weighted by Gasteiger charge is -2.35. The Labute approximate surface area is 120 Å². The van der Waals surface area contributed by atoms with Crippen molar-refractivity contribution in [1.29, 1.82) is 0 Å². The largest absolute Gasteiger partial charge is 0.378 e. The quantitative estimate of drug-likeness (QED) is 0.795. The molecule has 1 aliphatic carbocycles. The summed E-state index contributed by atoms with van der Waals surface area (Å²) >= 11 is 0. The number of rotatable bonds is 7. The molecule has 1 aromatic rings. The Morgan fingerprint density at radius 1 is 1.30 bits per heavy atom. The van der Waals surface area contributed by atoms with Crippen molar-refractivity contribution in [1.82, 2.24) is 10.0 Å². The molecule has 1 aliphatic rings. The van der Waals surface area contributed by atoms with Crippen LogP contribution in [0.2, 0.25) is 0 Å². The summed E-state index contributed by atoms with van der Waals surface area (Å²) in [5.74, 6) is 0. The zero-order chi connectivity index (χ0) is 14.6. The van der Waals surface area contributed by atoms with Crippen LogP contribution in [0, 0.1) is 0 Å². The van der Waals surface area contributed by atoms with Crippen LogP contribution in [-0.4, -0.2) is 34.2 Å². The average molecular weight is 298 g/mol. The first kappa shape index (κ1) is 15.4. The summed E-state index contributed by atoms with van der Waals surface area (Å²) in [5, 5.41) is 2.99. The third-order valence-corrected chi connectivity index (χ3v) is 5.07. The van der Waals surface area contributed by atoms with Crippen LogP contribution < -0.4 is 10.0 Å². The van der Waals surface area contributed by atoms with Gasteiger partial charge in [0.25, 0.3) is 0 Å². The molecule has 6 heteroatoms. The van der Waals surface area contributed by atoms with Gasteiger partial charge in [-0.3, -0.25) is 0 Å². The van der Waals surface area contributed by atoms with Gasteiger partial charge in [0.05, 0.1) is 11.0 Å². The van der Waals surface area contributed by atoms with Crippen molar-refractivity contribution < 1.29 is 13.2 Å². The van der Waals surface area contributed by atoms with Crippen molar-refractivity contribution >= 4 is 10.0 Å². The van der Waals surface area contributed by atoms with E-state index in [1.165, 1.54) is 0 Å². The first-order valence-corrected chi connectivity index (χ1v) is 8.41. The highest BCUT2D eigenvalue weighted by Crippen LogP contribution is 2.25. The molecule has 1 aromatic carbocycles. The molecule has 0 unspecified atom stereocenters. The fourth-order valence-corrected chi connectivity index (χ4v) is 3.92. The van der Waals surface area contributed by atoms with Crippen LogP contribution in [0.1, 0.15) is 25.3 Å². The van der Waals surface area contributed by atoms with E-state index >= 15 is 0 Å². The molecule has 0 spiro atoms. The maximum atomic E-state index is 12.4. The minimum atomic E-state index is -3.46. The molecular formula is C14H22N2O3S. The van der Waals surface area contributed by atoms with Crippen molar-refractivity contribution in [2.24, 2.45) is 0 Å². The van der Waals surface area contributed by atoms with E-state index in [1.807, 2.05) is 19.1 Å². The van der Waals surface area contributed by atoms with Crippen LogP contribution >= 0.6 is 0 Å². The van der Waals surface area contributed by atoms with Gasteiger partial charge in [-0.25, -0.2) is 13.1 Å². The van der Waals surface area contributed by atoms with E-state index in [-0.39, 0.29) is 12.1 Å². The van der Waals surface area contributed by atoms with Gasteiger partial charge in [-0.15, -0.1) is 0 Å². The van der Waals surface area contributed by atoms with Gasteiger partial charge in [0, 0.05) is 19.2 Å². The first-order chi connectivity index (χ1) is 9.56. The Balaban J connectivity index is 2.04. The normalized spacial score (nSPS) is 22.5. The van der Waals surface area contributed by atoms with E-state index in [0.717, 1.165) is 18.4 Å². The molecule has 2 N–H and O–H groups in total. The van der Waals surface area contributed by atoms with Crippen LogP contribution in [0.3, 0.4) is 0 Å². The van der Waals surface area contributed by atoms with Crippen LogP contribution in [0.15, 0.2) is 29.2 Å². The molecule has 5 nitrogen and oxygen atoms in total. The van der Waals surface area contributed by atoms with E-state index in [0.29, 0.717) is 18.0 Å². The lowest BCUT2D eigenvalue weighted by atomic mass is 9.90. The summed E-state index contributed by atoms with van der Waals surface area (Å²) in [5.41, 5.74) is 0.781. The number of benzene rings is 1. The van der Waals surface area contributed by atoms with Crippen LogP contribution in [0.5, 0.6) is 0 Å². The second-order valence-electron chi connectivity index (χ2n) is 5.01. The predicted octanol–water partition coefficient (Wildman–Crippen LogP) is 1.25. The molecule has 1 saturated carbocycles. The molecule has 0 heterocycles. The Kier molecular flexibility index (Phi) is 5.15. The Morgan fingerprint density at radius 3 is 2.65 bits per heavy atom. The molecule has 0 bridgehead atoms. The van der Waals surface area contributed by atoms with Gasteiger partial charge in [-0.05, 0) is 38.4 Å². The van der Waals surface area contributed by atoms with Gasteiger partial charge < -0.3 is 10.1 Å². The van der Waals surface area contributed by atoms with E-state index in [2.05, 4.69) is 10.0 Å². The highest BCUT2D eigenvalue weighted by atomic mass is 32.2. The van der Waals surface area contributed by atoms with E-state index in [4.69, 9.17) is 4.74 Å². The zero-order valence-corrected chi connectivity index (χ0v) is 12.7. The Bertz CT molecular complexity index is 539. The Morgan fingerprint density at radius 2 is 2.00 bits per heavy atom. The number of hydrogen-bond acceptors (Lipinski definition) is 4. The van der Waals surface area contributed by atoms with E-state index in [9.17, 15) is 8.42 Å². The Hall–Kier alpha value is -0.950. The maximum absolute atomic E-state index is 12.4. The summed E-state index contributed by atoms with van der Waals surface area (Å²) in [6, 6.07) is 7.05. The summed E-state index contributed by atoms with van der Waals surface area (Å²) in [7, 11) is -1.66. The van der Waals surface area contributed by atoms with Gasteiger partial charge >= 0.3 is 0 Å². The lowest BCUT2D eigenvalue weighted by Crippen LogP contribution is -2.47. The first-order valence-electron chi connectivity index (χ1n) is 6.93. The summed E-state index contributed by atoms with van der Waals surface area (Å²) < 4.78 is 33.0. The summed E-state index contributed by atoms with van der Waals surface area (Å²) in [6.07, 6.45) is 1.70. The fraction of sp³-hybridized carbons (Fsp3) is 0.571. The van der Waals surface area contributed by atoms with Crippen molar-refractivity contribution in [2.75, 3.05) is 13.7 Å². The lowest BCUT2D eigenvalue weighted by molar-refractivity contribution is -0.00476. The van der Waals surface area contributed by atoms with Crippen LogP contribution in [0.25, 0.3) is 0 Å². The molecule has 0 radical (unpaired) electrons. The van der Waals surface area contributed by atoms with E-state index < -0.39 is 10.0 Å². The average Bonchev–Trinajstić information content (AvgIpc) is 2.37. The predicted molar refractivity (Wildman–Crippen MR) is 78.0 cm³/mol. The molecular weight excluding hydrogens is 276 g/mol. The molecule has 0 atom stereocenters. The number of nitrogens with one attached hydrogen (secondary N) is 2. The van der Waals surface area contributed by atoms with Gasteiger partial charge in [-0.2, -0.15) is 0 Å².